The number of piperazine rings is 3. The molecule has 1 aromatic rings. The van der Waals surface area contributed by atoms with E-state index in [2.05, 4.69) is 40.4 Å². The van der Waals surface area contributed by atoms with E-state index in [4.69, 9.17) is 4.74 Å². The number of ether oxygens (including phenoxy) is 1. The van der Waals surface area contributed by atoms with Crippen LogP contribution in [0.1, 0.15) is 17.2 Å². The molecule has 0 spiro atoms. The minimum atomic E-state index is 0.367. The van der Waals surface area contributed by atoms with Crippen LogP contribution in [0.2, 0.25) is 0 Å². The fourth-order valence-corrected chi connectivity index (χ4v) is 4.01. The van der Waals surface area contributed by atoms with Gasteiger partial charge in [-0.05, 0) is 12.6 Å². The van der Waals surface area contributed by atoms with Gasteiger partial charge in [0.2, 0.25) is 0 Å². The molecule has 4 aliphatic heterocycles. The third kappa shape index (κ3) is 1.94. The highest BCUT2D eigenvalue weighted by Crippen LogP contribution is 2.37. The first-order valence-electron chi connectivity index (χ1n) is 7.75. The Balaban J connectivity index is 1.67. The molecular weight excluding hydrogens is 250 g/mol. The van der Waals surface area contributed by atoms with Gasteiger partial charge in [-0.1, -0.05) is 18.2 Å². The van der Waals surface area contributed by atoms with Crippen LogP contribution in [0.25, 0.3) is 0 Å². The highest BCUT2D eigenvalue weighted by Gasteiger charge is 2.38. The zero-order valence-corrected chi connectivity index (χ0v) is 12.1. The summed E-state index contributed by atoms with van der Waals surface area (Å²) in [5.74, 6) is 1.14. The van der Waals surface area contributed by atoms with E-state index in [-0.39, 0.29) is 0 Å². The molecule has 4 nitrogen and oxygen atoms in total. The van der Waals surface area contributed by atoms with E-state index in [0.717, 1.165) is 18.8 Å². The second-order valence-corrected chi connectivity index (χ2v) is 6.10. The van der Waals surface area contributed by atoms with Gasteiger partial charge < -0.3 is 10.1 Å². The summed E-state index contributed by atoms with van der Waals surface area (Å²) in [6, 6.07) is 7.56. The van der Waals surface area contributed by atoms with Gasteiger partial charge >= 0.3 is 0 Å². The molecule has 20 heavy (non-hydrogen) atoms. The van der Waals surface area contributed by atoms with E-state index in [1.807, 2.05) is 0 Å². The molecule has 5 rings (SSSR count). The Morgan fingerprint density at radius 2 is 2.10 bits per heavy atom. The number of nitrogens with one attached hydrogen (secondary N) is 1. The topological polar surface area (TPSA) is 27.7 Å². The van der Waals surface area contributed by atoms with Crippen LogP contribution in [-0.2, 0) is 6.42 Å². The Kier molecular flexibility index (Phi) is 3.17. The zero-order chi connectivity index (χ0) is 13.5. The fraction of sp³-hybridized carbons (Fsp3) is 0.625. The number of hydrogen-bond donors (Lipinski definition) is 1. The quantitative estimate of drug-likeness (QED) is 0.885. The second kappa shape index (κ2) is 5.02. The summed E-state index contributed by atoms with van der Waals surface area (Å²) < 4.78 is 5.91. The maximum absolute atomic E-state index is 5.91. The van der Waals surface area contributed by atoms with Crippen molar-refractivity contribution < 1.29 is 4.74 Å². The smallest absolute Gasteiger partial charge is 0.127 e. The number of benzene rings is 1. The van der Waals surface area contributed by atoms with E-state index in [9.17, 15) is 0 Å². The largest absolute Gasteiger partial charge is 0.493 e. The van der Waals surface area contributed by atoms with Crippen molar-refractivity contribution >= 4 is 0 Å². The molecule has 2 atom stereocenters. The van der Waals surface area contributed by atoms with Gasteiger partial charge in [0.05, 0.1) is 12.6 Å². The van der Waals surface area contributed by atoms with Crippen LogP contribution in [0, 0.1) is 0 Å². The maximum atomic E-state index is 5.91. The first kappa shape index (κ1) is 12.6. The van der Waals surface area contributed by atoms with Gasteiger partial charge in [-0.15, -0.1) is 0 Å². The fourth-order valence-electron chi connectivity index (χ4n) is 4.01. The number of likely N-dealkylation sites (N-methyl/N-ethyl adjacent to an activating group) is 1. The third-order valence-corrected chi connectivity index (χ3v) is 5.10. The summed E-state index contributed by atoms with van der Waals surface area (Å²) in [7, 11) is 2.08. The molecule has 2 bridgehead atoms. The number of fused-ring (bicyclic) bond motifs is 4. The molecule has 0 aromatic heterocycles. The van der Waals surface area contributed by atoms with Crippen molar-refractivity contribution in [2.45, 2.75) is 18.5 Å². The van der Waals surface area contributed by atoms with Gasteiger partial charge in [-0.2, -0.15) is 0 Å². The zero-order valence-electron chi connectivity index (χ0n) is 12.1. The van der Waals surface area contributed by atoms with E-state index in [1.54, 1.807) is 0 Å². The van der Waals surface area contributed by atoms with Crippen molar-refractivity contribution in [3.8, 4) is 5.75 Å². The number of rotatable bonds is 3. The Morgan fingerprint density at radius 3 is 2.80 bits per heavy atom. The molecule has 1 aromatic carbocycles. The summed E-state index contributed by atoms with van der Waals surface area (Å²) in [6.07, 6.45) is 1.06. The number of para-hydroxylation sites is 1. The average Bonchev–Trinajstić information content (AvgIpc) is 2.99. The minimum Gasteiger partial charge on any atom is -0.493 e. The lowest BCUT2D eigenvalue weighted by molar-refractivity contribution is -0.00285. The SMILES string of the molecule is CNC(c1cccc2c1OCC2)C1CN2CCN1CC2. The maximum Gasteiger partial charge on any atom is 0.127 e. The molecule has 3 fully saturated rings. The van der Waals surface area contributed by atoms with Gasteiger partial charge in [0.1, 0.15) is 5.75 Å². The molecule has 3 saturated heterocycles. The van der Waals surface area contributed by atoms with Gasteiger partial charge in [-0.25, -0.2) is 0 Å². The molecule has 0 saturated carbocycles. The van der Waals surface area contributed by atoms with Crippen molar-refractivity contribution in [1.29, 1.82) is 0 Å². The molecule has 4 heterocycles. The highest BCUT2D eigenvalue weighted by atomic mass is 16.5. The molecule has 2 unspecified atom stereocenters. The number of nitrogens with zero attached hydrogens (tertiary/aromatic N) is 2. The lowest BCUT2D eigenvalue weighted by Gasteiger charge is -2.50. The molecule has 0 aliphatic carbocycles. The number of hydrogen-bond acceptors (Lipinski definition) is 4. The molecule has 0 amide bonds. The van der Waals surface area contributed by atoms with Gasteiger partial charge in [0.15, 0.2) is 0 Å². The lowest BCUT2D eigenvalue weighted by atomic mass is 9.92. The molecule has 1 N–H and O–H groups in total. The highest BCUT2D eigenvalue weighted by molar-refractivity contribution is 5.46. The molecule has 0 radical (unpaired) electrons. The van der Waals surface area contributed by atoms with Crippen LogP contribution in [0.4, 0.5) is 0 Å². The summed E-state index contributed by atoms with van der Waals surface area (Å²) in [6.45, 7) is 6.89. The molecule has 4 aliphatic rings. The molecular formula is C16H23N3O. The Labute approximate surface area is 120 Å². The minimum absolute atomic E-state index is 0.367. The van der Waals surface area contributed by atoms with Crippen LogP contribution in [-0.4, -0.2) is 62.2 Å². The van der Waals surface area contributed by atoms with E-state index in [1.165, 1.54) is 43.9 Å². The van der Waals surface area contributed by atoms with E-state index in [0.29, 0.717) is 12.1 Å². The Bertz CT molecular complexity index is 496. The van der Waals surface area contributed by atoms with Crippen LogP contribution >= 0.6 is 0 Å². The lowest BCUT2D eigenvalue weighted by Crippen LogP contribution is -2.63. The van der Waals surface area contributed by atoms with Gasteiger partial charge in [0.25, 0.3) is 0 Å². The monoisotopic (exact) mass is 273 g/mol. The van der Waals surface area contributed by atoms with Gasteiger partial charge in [-0.3, -0.25) is 9.80 Å². The first-order valence-corrected chi connectivity index (χ1v) is 7.75. The standard InChI is InChI=1S/C16H23N3O/c1-17-15(14-11-18-6-8-19(14)9-7-18)13-4-2-3-12-5-10-20-16(12)13/h2-4,14-15,17H,5-11H2,1H3. The van der Waals surface area contributed by atoms with Crippen molar-refractivity contribution in [3.05, 3.63) is 29.3 Å². The van der Waals surface area contributed by atoms with E-state index >= 15 is 0 Å². The van der Waals surface area contributed by atoms with Crippen molar-refractivity contribution in [1.82, 2.24) is 15.1 Å². The van der Waals surface area contributed by atoms with Crippen LogP contribution < -0.4 is 10.1 Å². The summed E-state index contributed by atoms with van der Waals surface area (Å²) >= 11 is 0. The summed E-state index contributed by atoms with van der Waals surface area (Å²) in [5.41, 5.74) is 2.72. The Hall–Kier alpha value is -1.10. The van der Waals surface area contributed by atoms with Gasteiger partial charge in [0, 0.05) is 50.7 Å². The normalized spacial score (nSPS) is 32.8. The van der Waals surface area contributed by atoms with Crippen molar-refractivity contribution in [2.75, 3.05) is 46.4 Å². The first-order chi connectivity index (χ1) is 9.86. The molecule has 4 heteroatoms. The molecule has 108 valence electrons. The third-order valence-electron chi connectivity index (χ3n) is 5.10. The van der Waals surface area contributed by atoms with Crippen molar-refractivity contribution in [2.24, 2.45) is 0 Å². The average molecular weight is 273 g/mol. The predicted octanol–water partition coefficient (Wildman–Crippen LogP) is 0.882. The summed E-state index contributed by atoms with van der Waals surface area (Å²) in [5, 5.41) is 3.55. The van der Waals surface area contributed by atoms with Crippen molar-refractivity contribution in [3.63, 3.8) is 0 Å². The Morgan fingerprint density at radius 1 is 1.25 bits per heavy atom. The van der Waals surface area contributed by atoms with Crippen LogP contribution in [0.15, 0.2) is 18.2 Å². The van der Waals surface area contributed by atoms with Crippen LogP contribution in [0.3, 0.4) is 0 Å². The van der Waals surface area contributed by atoms with E-state index < -0.39 is 0 Å². The summed E-state index contributed by atoms with van der Waals surface area (Å²) in [4.78, 5) is 5.24. The van der Waals surface area contributed by atoms with Crippen LogP contribution in [0.5, 0.6) is 5.75 Å². The second-order valence-electron chi connectivity index (χ2n) is 6.10. The predicted molar refractivity (Wildman–Crippen MR) is 79.2 cm³/mol.